The molecule has 0 spiro atoms. The van der Waals surface area contributed by atoms with E-state index in [0.29, 0.717) is 0 Å². The molecule has 0 radical (unpaired) electrons. The van der Waals surface area contributed by atoms with E-state index in [1.54, 1.807) is 0 Å². The summed E-state index contributed by atoms with van der Waals surface area (Å²) in [4.78, 5) is 5.03. The van der Waals surface area contributed by atoms with Crippen LogP contribution in [0.4, 0.5) is 0 Å². The summed E-state index contributed by atoms with van der Waals surface area (Å²) in [6.07, 6.45) is 5.96. The quantitative estimate of drug-likeness (QED) is 0.671. The van der Waals surface area contributed by atoms with Gasteiger partial charge in [0.2, 0.25) is 0 Å². The maximum absolute atomic E-state index is 5.03. The third kappa shape index (κ3) is 3.47. The van der Waals surface area contributed by atoms with E-state index >= 15 is 0 Å². The number of hydrogen-bond acceptors (Lipinski definition) is 2. The normalized spacial score (nSPS) is 24.5. The Hall–Kier alpha value is -1.02. The first kappa shape index (κ1) is 12.0. The molecule has 1 aliphatic rings. The lowest BCUT2D eigenvalue weighted by Crippen LogP contribution is -2.16. The van der Waals surface area contributed by atoms with E-state index in [4.69, 9.17) is 4.84 Å². The molecular formula is C11H19NO. The summed E-state index contributed by atoms with van der Waals surface area (Å²) in [7, 11) is 0. The van der Waals surface area contributed by atoms with Gasteiger partial charge in [-0.25, -0.2) is 0 Å². The summed E-state index contributed by atoms with van der Waals surface area (Å²) in [5.74, 6) is 0.718. The van der Waals surface area contributed by atoms with Gasteiger partial charge in [0.25, 0.3) is 0 Å². The van der Waals surface area contributed by atoms with Gasteiger partial charge < -0.3 is 4.84 Å². The van der Waals surface area contributed by atoms with Crippen LogP contribution in [0.1, 0.15) is 27.7 Å². The van der Waals surface area contributed by atoms with E-state index in [9.17, 15) is 0 Å². The van der Waals surface area contributed by atoms with Crippen molar-refractivity contribution in [2.75, 3.05) is 0 Å². The van der Waals surface area contributed by atoms with Crippen molar-refractivity contribution in [2.24, 2.45) is 0 Å². The van der Waals surface area contributed by atoms with Crippen molar-refractivity contribution in [2.45, 2.75) is 33.7 Å². The molecule has 13 heavy (non-hydrogen) atoms. The average Bonchev–Trinajstić information content (AvgIpc) is 2.47. The van der Waals surface area contributed by atoms with Crippen molar-refractivity contribution >= 4 is 0 Å². The van der Waals surface area contributed by atoms with Crippen LogP contribution in [0.3, 0.4) is 0 Å². The molecule has 0 saturated carbocycles. The minimum atomic E-state index is 0.249. The molecule has 1 rings (SSSR count). The average molecular weight is 181 g/mol. The van der Waals surface area contributed by atoms with Crippen LogP contribution in [-0.2, 0) is 4.84 Å². The smallest absolute Gasteiger partial charge is 0.144 e. The highest BCUT2D eigenvalue weighted by Crippen LogP contribution is 2.19. The van der Waals surface area contributed by atoms with E-state index in [2.05, 4.69) is 12.1 Å². The van der Waals surface area contributed by atoms with Crippen LogP contribution in [0.15, 0.2) is 36.1 Å². The molecule has 0 aromatic heterocycles. The molecular weight excluding hydrogens is 162 g/mol. The predicted molar refractivity (Wildman–Crippen MR) is 57.1 cm³/mol. The molecule has 1 unspecified atom stereocenters. The molecule has 1 fully saturated rings. The van der Waals surface area contributed by atoms with Crippen LogP contribution in [0.2, 0.25) is 0 Å². The summed E-state index contributed by atoms with van der Waals surface area (Å²) in [5.41, 5.74) is 3.94. The summed E-state index contributed by atoms with van der Waals surface area (Å²) in [5, 5.41) is 0. The molecule has 1 atom stereocenters. The first-order valence-electron chi connectivity index (χ1n) is 4.70. The lowest BCUT2D eigenvalue weighted by atomic mass is 10.1. The fraction of sp³-hybridized carbons (Fsp3) is 0.455. The maximum atomic E-state index is 5.03. The third-order valence-corrected chi connectivity index (χ3v) is 1.62. The van der Waals surface area contributed by atoms with Crippen LogP contribution in [-0.4, -0.2) is 6.04 Å². The summed E-state index contributed by atoms with van der Waals surface area (Å²) in [6, 6.07) is 0.249. The molecule has 0 amide bonds. The molecule has 1 saturated heterocycles. The van der Waals surface area contributed by atoms with E-state index in [1.165, 1.54) is 0 Å². The Morgan fingerprint density at radius 3 is 2.46 bits per heavy atom. The molecule has 0 aromatic carbocycles. The monoisotopic (exact) mass is 181 g/mol. The zero-order valence-corrected chi connectivity index (χ0v) is 8.92. The molecule has 1 aliphatic heterocycles. The van der Waals surface area contributed by atoms with Crippen molar-refractivity contribution < 1.29 is 4.84 Å². The second-order valence-electron chi connectivity index (χ2n) is 2.51. The Balaban J connectivity index is 0.000000671. The Morgan fingerprint density at radius 1 is 1.46 bits per heavy atom. The topological polar surface area (TPSA) is 21.3 Å². The highest BCUT2D eigenvalue weighted by atomic mass is 16.7. The van der Waals surface area contributed by atoms with Gasteiger partial charge in [-0.1, -0.05) is 38.7 Å². The molecule has 0 aromatic rings. The lowest BCUT2D eigenvalue weighted by Gasteiger charge is -1.96. The number of hydrogen-bond donors (Lipinski definition) is 1. The molecule has 2 heteroatoms. The Bertz CT molecular complexity index is 216. The second kappa shape index (κ2) is 6.49. The predicted octanol–water partition coefficient (Wildman–Crippen LogP) is 2.95. The fourth-order valence-corrected chi connectivity index (χ4v) is 0.961. The van der Waals surface area contributed by atoms with Gasteiger partial charge in [0.1, 0.15) is 5.76 Å². The van der Waals surface area contributed by atoms with Crippen LogP contribution >= 0.6 is 0 Å². The number of rotatable bonds is 1. The molecule has 1 N–H and O–H groups in total. The third-order valence-electron chi connectivity index (χ3n) is 1.62. The molecule has 2 nitrogen and oxygen atoms in total. The molecule has 74 valence electrons. The van der Waals surface area contributed by atoms with Crippen molar-refractivity contribution in [1.82, 2.24) is 5.48 Å². The van der Waals surface area contributed by atoms with Crippen LogP contribution in [0, 0.1) is 0 Å². The lowest BCUT2D eigenvalue weighted by molar-refractivity contribution is 0.140. The number of allylic oxidation sites excluding steroid dienone is 3. The van der Waals surface area contributed by atoms with E-state index in [0.717, 1.165) is 11.3 Å². The van der Waals surface area contributed by atoms with Gasteiger partial charge in [0.15, 0.2) is 0 Å². The van der Waals surface area contributed by atoms with Crippen LogP contribution < -0.4 is 5.48 Å². The van der Waals surface area contributed by atoms with Gasteiger partial charge >= 0.3 is 0 Å². The van der Waals surface area contributed by atoms with Crippen LogP contribution in [0.25, 0.3) is 0 Å². The zero-order valence-electron chi connectivity index (χ0n) is 8.92. The number of nitrogens with one attached hydrogen (secondary N) is 1. The van der Waals surface area contributed by atoms with E-state index in [1.807, 2.05) is 45.9 Å². The van der Waals surface area contributed by atoms with Gasteiger partial charge in [-0.3, -0.25) is 0 Å². The Kier molecular flexibility index (Phi) is 5.98. The van der Waals surface area contributed by atoms with Gasteiger partial charge in [0, 0.05) is 5.57 Å². The van der Waals surface area contributed by atoms with Crippen molar-refractivity contribution in [3.63, 3.8) is 0 Å². The minimum Gasteiger partial charge on any atom is -0.408 e. The van der Waals surface area contributed by atoms with Gasteiger partial charge in [-0.15, -0.1) is 5.48 Å². The van der Waals surface area contributed by atoms with Crippen molar-refractivity contribution in [1.29, 1.82) is 0 Å². The summed E-state index contributed by atoms with van der Waals surface area (Å²) < 4.78 is 0. The standard InChI is InChI=1S/C9H13NO.C2H6/c1-4-5-6-9-7(2)10-11-8(9)3;1-2/h4-7,10H,3H2,1-2H3;1-2H3/b5-4-,9-6-;. The first-order valence-corrected chi connectivity index (χ1v) is 4.70. The minimum absolute atomic E-state index is 0.249. The second-order valence-corrected chi connectivity index (χ2v) is 2.51. The Labute approximate surface area is 80.9 Å². The summed E-state index contributed by atoms with van der Waals surface area (Å²) >= 11 is 0. The fourth-order valence-electron chi connectivity index (χ4n) is 0.961. The van der Waals surface area contributed by atoms with Crippen molar-refractivity contribution in [3.8, 4) is 0 Å². The SMILES string of the molecule is C=C1ONC(C)/C1=C/C=C\C.CC. The molecule has 0 bridgehead atoms. The van der Waals surface area contributed by atoms with E-state index < -0.39 is 0 Å². The van der Waals surface area contributed by atoms with Crippen molar-refractivity contribution in [3.05, 3.63) is 36.1 Å². The highest BCUT2D eigenvalue weighted by molar-refractivity contribution is 5.33. The number of hydroxylamine groups is 1. The van der Waals surface area contributed by atoms with E-state index in [-0.39, 0.29) is 6.04 Å². The summed E-state index contributed by atoms with van der Waals surface area (Å²) in [6.45, 7) is 11.8. The largest absolute Gasteiger partial charge is 0.408 e. The Morgan fingerprint density at radius 2 is 2.08 bits per heavy atom. The maximum Gasteiger partial charge on any atom is 0.144 e. The van der Waals surface area contributed by atoms with Crippen LogP contribution in [0.5, 0.6) is 0 Å². The highest BCUT2D eigenvalue weighted by Gasteiger charge is 2.20. The molecule has 1 heterocycles. The van der Waals surface area contributed by atoms with Gasteiger partial charge in [0.05, 0.1) is 6.04 Å². The molecule has 0 aliphatic carbocycles. The van der Waals surface area contributed by atoms with Gasteiger partial charge in [-0.05, 0) is 13.8 Å². The first-order chi connectivity index (χ1) is 6.25. The van der Waals surface area contributed by atoms with Gasteiger partial charge in [-0.2, -0.15) is 0 Å². The zero-order chi connectivity index (χ0) is 10.3.